The molecule has 0 saturated heterocycles. The SMILES string of the molecule is CCC[C@H](C)NC(=O)COC(=O)c1ccc(Nc2ccccc2)c([N+](=O)[O-])c1. The highest BCUT2D eigenvalue weighted by Gasteiger charge is 2.19. The molecule has 2 aromatic carbocycles. The van der Waals surface area contributed by atoms with Crippen molar-refractivity contribution in [2.24, 2.45) is 0 Å². The van der Waals surface area contributed by atoms with E-state index in [9.17, 15) is 19.7 Å². The Morgan fingerprint density at radius 1 is 1.18 bits per heavy atom. The van der Waals surface area contributed by atoms with E-state index in [2.05, 4.69) is 10.6 Å². The number of nitrogens with one attached hydrogen (secondary N) is 2. The van der Waals surface area contributed by atoms with Gasteiger partial charge in [-0.25, -0.2) is 4.79 Å². The summed E-state index contributed by atoms with van der Waals surface area (Å²) in [7, 11) is 0. The zero-order valence-corrected chi connectivity index (χ0v) is 15.8. The lowest BCUT2D eigenvalue weighted by molar-refractivity contribution is -0.383. The highest BCUT2D eigenvalue weighted by Crippen LogP contribution is 2.28. The first-order chi connectivity index (χ1) is 13.4. The molecule has 0 aliphatic rings. The molecule has 0 radical (unpaired) electrons. The molecule has 1 atom stereocenters. The average Bonchev–Trinajstić information content (AvgIpc) is 2.67. The minimum atomic E-state index is -0.798. The Balaban J connectivity index is 2.05. The molecule has 0 bridgehead atoms. The summed E-state index contributed by atoms with van der Waals surface area (Å²) < 4.78 is 4.97. The van der Waals surface area contributed by atoms with Crippen LogP contribution in [-0.4, -0.2) is 29.4 Å². The van der Waals surface area contributed by atoms with E-state index >= 15 is 0 Å². The molecule has 0 saturated carbocycles. The lowest BCUT2D eigenvalue weighted by Gasteiger charge is -2.13. The quantitative estimate of drug-likeness (QED) is 0.386. The number of benzene rings is 2. The van der Waals surface area contributed by atoms with Crippen LogP contribution >= 0.6 is 0 Å². The lowest BCUT2D eigenvalue weighted by Crippen LogP contribution is -2.35. The Morgan fingerprint density at radius 2 is 1.89 bits per heavy atom. The van der Waals surface area contributed by atoms with Crippen molar-refractivity contribution in [2.45, 2.75) is 32.7 Å². The maximum absolute atomic E-state index is 12.2. The molecule has 0 aromatic heterocycles. The van der Waals surface area contributed by atoms with Crippen LogP contribution in [0.1, 0.15) is 37.0 Å². The first-order valence-electron chi connectivity index (χ1n) is 8.97. The van der Waals surface area contributed by atoms with Crippen molar-refractivity contribution in [3.8, 4) is 0 Å². The third-order valence-electron chi connectivity index (χ3n) is 3.95. The van der Waals surface area contributed by atoms with Gasteiger partial charge in [-0.05, 0) is 37.6 Å². The number of esters is 1. The van der Waals surface area contributed by atoms with Crippen LogP contribution in [-0.2, 0) is 9.53 Å². The number of rotatable bonds is 9. The zero-order chi connectivity index (χ0) is 20.5. The normalized spacial score (nSPS) is 11.4. The predicted octanol–water partition coefficient (Wildman–Crippen LogP) is 3.80. The Labute approximate surface area is 163 Å². The Hall–Kier alpha value is -3.42. The van der Waals surface area contributed by atoms with E-state index < -0.39 is 23.4 Å². The Morgan fingerprint density at radius 3 is 2.54 bits per heavy atom. The summed E-state index contributed by atoms with van der Waals surface area (Å²) in [6.45, 7) is 3.43. The summed E-state index contributed by atoms with van der Waals surface area (Å²) >= 11 is 0. The van der Waals surface area contributed by atoms with Gasteiger partial charge in [0.25, 0.3) is 11.6 Å². The van der Waals surface area contributed by atoms with E-state index in [1.54, 1.807) is 24.3 Å². The molecule has 8 nitrogen and oxygen atoms in total. The Kier molecular flexibility index (Phi) is 7.50. The molecule has 28 heavy (non-hydrogen) atoms. The summed E-state index contributed by atoms with van der Waals surface area (Å²) in [5.41, 5.74) is 0.664. The molecule has 8 heteroatoms. The van der Waals surface area contributed by atoms with Gasteiger partial charge >= 0.3 is 5.97 Å². The number of carbonyl (C=O) groups excluding carboxylic acids is 2. The number of hydrogen-bond donors (Lipinski definition) is 2. The van der Waals surface area contributed by atoms with E-state index in [0.717, 1.165) is 18.9 Å². The smallest absolute Gasteiger partial charge is 0.338 e. The van der Waals surface area contributed by atoms with Crippen LogP contribution in [0.2, 0.25) is 0 Å². The van der Waals surface area contributed by atoms with Crippen LogP contribution in [0.3, 0.4) is 0 Å². The molecule has 2 aromatic rings. The van der Waals surface area contributed by atoms with Crippen molar-refractivity contribution in [1.82, 2.24) is 5.32 Å². The fourth-order valence-corrected chi connectivity index (χ4v) is 2.63. The third-order valence-corrected chi connectivity index (χ3v) is 3.95. The molecule has 2 N–H and O–H groups in total. The van der Waals surface area contributed by atoms with Crippen LogP contribution in [0.25, 0.3) is 0 Å². The number of anilines is 2. The van der Waals surface area contributed by atoms with E-state index in [4.69, 9.17) is 4.74 Å². The molecular formula is C20H23N3O5. The first-order valence-corrected chi connectivity index (χ1v) is 8.97. The van der Waals surface area contributed by atoms with Crippen LogP contribution in [0.5, 0.6) is 0 Å². The molecule has 0 aliphatic heterocycles. The maximum Gasteiger partial charge on any atom is 0.338 e. The fraction of sp³-hybridized carbons (Fsp3) is 0.300. The van der Waals surface area contributed by atoms with Gasteiger partial charge in [0.1, 0.15) is 5.69 Å². The number of ether oxygens (including phenoxy) is 1. The number of hydrogen-bond acceptors (Lipinski definition) is 6. The van der Waals surface area contributed by atoms with Gasteiger partial charge in [-0.2, -0.15) is 0 Å². The summed E-state index contributed by atoms with van der Waals surface area (Å²) in [6, 6.07) is 12.9. The van der Waals surface area contributed by atoms with Crippen molar-refractivity contribution < 1.29 is 19.2 Å². The molecule has 0 aliphatic carbocycles. The van der Waals surface area contributed by atoms with Gasteiger partial charge in [0.05, 0.1) is 10.5 Å². The monoisotopic (exact) mass is 385 g/mol. The van der Waals surface area contributed by atoms with Crippen LogP contribution < -0.4 is 10.6 Å². The van der Waals surface area contributed by atoms with Crippen LogP contribution in [0.4, 0.5) is 17.1 Å². The fourth-order valence-electron chi connectivity index (χ4n) is 2.63. The standard InChI is InChI=1S/C20H23N3O5/c1-3-7-14(2)21-19(24)13-28-20(25)15-10-11-17(18(12-15)23(26)27)22-16-8-5-4-6-9-16/h4-6,8-12,14,22H,3,7,13H2,1-2H3,(H,21,24)/t14-/m0/s1. The van der Waals surface area contributed by atoms with Gasteiger partial charge in [-0.3, -0.25) is 14.9 Å². The molecule has 0 heterocycles. The molecule has 148 valence electrons. The van der Waals surface area contributed by atoms with Crippen molar-refractivity contribution in [3.05, 3.63) is 64.2 Å². The minimum absolute atomic E-state index is 0.000261. The summed E-state index contributed by atoms with van der Waals surface area (Å²) in [6.07, 6.45) is 1.75. The second kappa shape index (κ2) is 10.1. The number of carbonyl (C=O) groups is 2. The van der Waals surface area contributed by atoms with E-state index in [1.807, 2.05) is 19.9 Å². The van der Waals surface area contributed by atoms with Crippen molar-refractivity contribution >= 4 is 28.9 Å². The van der Waals surface area contributed by atoms with Crippen LogP contribution in [0, 0.1) is 10.1 Å². The number of nitro benzene ring substituents is 1. The number of nitro groups is 1. The number of amides is 1. The summed E-state index contributed by atoms with van der Waals surface area (Å²) in [5.74, 6) is -1.21. The molecule has 0 spiro atoms. The predicted molar refractivity (Wildman–Crippen MR) is 106 cm³/mol. The van der Waals surface area contributed by atoms with Crippen LogP contribution in [0.15, 0.2) is 48.5 Å². The Bertz CT molecular complexity index is 839. The molecule has 2 rings (SSSR count). The largest absolute Gasteiger partial charge is 0.452 e. The molecule has 0 fully saturated rings. The lowest BCUT2D eigenvalue weighted by atomic mass is 10.1. The molecule has 0 unspecified atom stereocenters. The van der Waals surface area contributed by atoms with Crippen molar-refractivity contribution in [1.29, 1.82) is 0 Å². The zero-order valence-electron chi connectivity index (χ0n) is 15.8. The summed E-state index contributed by atoms with van der Waals surface area (Å²) in [5, 5.41) is 17.1. The van der Waals surface area contributed by atoms with Crippen molar-refractivity contribution in [2.75, 3.05) is 11.9 Å². The van der Waals surface area contributed by atoms with Gasteiger partial charge in [0.15, 0.2) is 6.61 Å². The van der Waals surface area contributed by atoms with Gasteiger partial charge in [-0.15, -0.1) is 0 Å². The average molecular weight is 385 g/mol. The van der Waals surface area contributed by atoms with E-state index in [-0.39, 0.29) is 23.0 Å². The van der Waals surface area contributed by atoms with Crippen molar-refractivity contribution in [3.63, 3.8) is 0 Å². The number of para-hydroxylation sites is 1. The maximum atomic E-state index is 12.2. The molecular weight excluding hydrogens is 362 g/mol. The van der Waals surface area contributed by atoms with Gasteiger partial charge in [-0.1, -0.05) is 31.5 Å². The van der Waals surface area contributed by atoms with Gasteiger partial charge in [0, 0.05) is 17.8 Å². The summed E-state index contributed by atoms with van der Waals surface area (Å²) in [4.78, 5) is 34.8. The second-order valence-electron chi connectivity index (χ2n) is 6.31. The number of nitrogens with zero attached hydrogens (tertiary/aromatic N) is 1. The van der Waals surface area contributed by atoms with E-state index in [0.29, 0.717) is 5.69 Å². The van der Waals surface area contributed by atoms with Gasteiger partial charge < -0.3 is 15.4 Å². The highest BCUT2D eigenvalue weighted by atomic mass is 16.6. The van der Waals surface area contributed by atoms with E-state index in [1.165, 1.54) is 12.1 Å². The second-order valence-corrected chi connectivity index (χ2v) is 6.31. The minimum Gasteiger partial charge on any atom is -0.452 e. The topological polar surface area (TPSA) is 111 Å². The first kappa shape index (κ1) is 20.9. The third kappa shape index (κ3) is 6.08. The highest BCUT2D eigenvalue weighted by molar-refractivity contribution is 5.93. The molecule has 1 amide bonds. The van der Waals surface area contributed by atoms with Gasteiger partial charge in [0.2, 0.25) is 0 Å².